The molecule has 2 rings (SSSR count). The Morgan fingerprint density at radius 1 is 1.47 bits per heavy atom. The fourth-order valence-corrected chi connectivity index (χ4v) is 2.58. The standard InChI is InChI=1S/C8H9BrF3N3OS/c9-3-5-4-15(1-2-16-5)7-14-13-6(17-7)8(10,11)12/h5H,1-4H2. The van der Waals surface area contributed by atoms with Crippen molar-refractivity contribution >= 4 is 32.4 Å². The van der Waals surface area contributed by atoms with E-state index in [0.717, 1.165) is 0 Å². The van der Waals surface area contributed by atoms with Gasteiger partial charge in [0, 0.05) is 18.4 Å². The molecule has 0 radical (unpaired) electrons. The van der Waals surface area contributed by atoms with Gasteiger partial charge in [-0.1, -0.05) is 27.3 Å². The molecule has 0 spiro atoms. The normalized spacial score (nSPS) is 21.9. The molecule has 17 heavy (non-hydrogen) atoms. The predicted molar refractivity (Wildman–Crippen MR) is 60.7 cm³/mol. The van der Waals surface area contributed by atoms with E-state index in [9.17, 15) is 13.2 Å². The fraction of sp³-hybridized carbons (Fsp3) is 0.750. The Morgan fingerprint density at radius 2 is 2.24 bits per heavy atom. The number of ether oxygens (including phenoxy) is 1. The quantitative estimate of drug-likeness (QED) is 0.778. The lowest BCUT2D eigenvalue weighted by Gasteiger charge is -2.31. The van der Waals surface area contributed by atoms with E-state index in [1.165, 1.54) is 0 Å². The van der Waals surface area contributed by atoms with Gasteiger partial charge in [-0.2, -0.15) is 13.2 Å². The Balaban J connectivity index is 2.09. The first kappa shape index (κ1) is 13.0. The average molecular weight is 332 g/mol. The van der Waals surface area contributed by atoms with Crippen molar-refractivity contribution in [3.8, 4) is 0 Å². The van der Waals surface area contributed by atoms with Gasteiger partial charge in [0.15, 0.2) is 0 Å². The van der Waals surface area contributed by atoms with Crippen LogP contribution in [0.3, 0.4) is 0 Å². The van der Waals surface area contributed by atoms with Crippen LogP contribution >= 0.6 is 27.3 Å². The average Bonchev–Trinajstić information content (AvgIpc) is 2.78. The molecular weight excluding hydrogens is 323 g/mol. The number of morpholine rings is 1. The number of hydrogen-bond acceptors (Lipinski definition) is 5. The third-order valence-corrected chi connectivity index (χ3v) is 3.99. The summed E-state index contributed by atoms with van der Waals surface area (Å²) in [5.74, 6) is 0. The van der Waals surface area contributed by atoms with E-state index in [2.05, 4.69) is 26.1 Å². The summed E-state index contributed by atoms with van der Waals surface area (Å²) in [5, 5.41) is 6.78. The van der Waals surface area contributed by atoms with Crippen LogP contribution in [-0.2, 0) is 10.9 Å². The molecule has 4 nitrogen and oxygen atoms in total. The molecule has 2 heterocycles. The van der Waals surface area contributed by atoms with E-state index in [0.29, 0.717) is 41.5 Å². The number of rotatable bonds is 2. The summed E-state index contributed by atoms with van der Waals surface area (Å²) in [6.45, 7) is 1.55. The summed E-state index contributed by atoms with van der Waals surface area (Å²) in [6, 6.07) is 0. The second-order valence-corrected chi connectivity index (χ2v) is 5.08. The number of anilines is 1. The monoisotopic (exact) mass is 331 g/mol. The maximum absolute atomic E-state index is 12.4. The molecule has 0 bridgehead atoms. The van der Waals surface area contributed by atoms with Crippen molar-refractivity contribution in [1.29, 1.82) is 0 Å². The van der Waals surface area contributed by atoms with E-state index in [4.69, 9.17) is 4.74 Å². The molecule has 1 aromatic heterocycles. The minimum Gasteiger partial charge on any atom is -0.374 e. The Morgan fingerprint density at radius 3 is 2.82 bits per heavy atom. The van der Waals surface area contributed by atoms with Crippen LogP contribution in [0.1, 0.15) is 5.01 Å². The van der Waals surface area contributed by atoms with Crippen LogP contribution in [0.4, 0.5) is 18.3 Å². The zero-order valence-electron chi connectivity index (χ0n) is 8.58. The van der Waals surface area contributed by atoms with Crippen LogP contribution in [0.5, 0.6) is 0 Å². The molecule has 0 aromatic carbocycles. The maximum Gasteiger partial charge on any atom is 0.445 e. The van der Waals surface area contributed by atoms with Crippen molar-refractivity contribution in [2.45, 2.75) is 12.3 Å². The summed E-state index contributed by atoms with van der Waals surface area (Å²) >= 11 is 3.85. The molecular formula is C8H9BrF3N3OS. The molecule has 1 aromatic rings. The predicted octanol–water partition coefficient (Wildman–Crippen LogP) is 2.16. The number of halogens is 4. The number of alkyl halides is 4. The highest BCUT2D eigenvalue weighted by Gasteiger charge is 2.36. The molecule has 1 unspecified atom stereocenters. The highest BCUT2D eigenvalue weighted by molar-refractivity contribution is 9.09. The Hall–Kier alpha value is -0.410. The summed E-state index contributed by atoms with van der Waals surface area (Å²) in [4.78, 5) is 1.77. The van der Waals surface area contributed by atoms with Crippen LogP contribution in [0.2, 0.25) is 0 Å². The molecule has 0 aliphatic carbocycles. The number of aromatic nitrogens is 2. The molecule has 1 saturated heterocycles. The first-order valence-electron chi connectivity index (χ1n) is 4.84. The first-order chi connectivity index (χ1) is 8.00. The lowest BCUT2D eigenvalue weighted by atomic mass is 10.3. The highest BCUT2D eigenvalue weighted by Crippen LogP contribution is 2.34. The van der Waals surface area contributed by atoms with Gasteiger partial charge in [-0.3, -0.25) is 0 Å². The molecule has 0 saturated carbocycles. The zero-order chi connectivity index (χ0) is 12.5. The Kier molecular flexibility index (Phi) is 3.88. The van der Waals surface area contributed by atoms with E-state index < -0.39 is 11.2 Å². The van der Waals surface area contributed by atoms with Gasteiger partial charge < -0.3 is 9.64 Å². The van der Waals surface area contributed by atoms with E-state index in [-0.39, 0.29) is 6.10 Å². The van der Waals surface area contributed by atoms with Crippen molar-refractivity contribution < 1.29 is 17.9 Å². The third-order valence-electron chi connectivity index (χ3n) is 2.24. The van der Waals surface area contributed by atoms with E-state index >= 15 is 0 Å². The van der Waals surface area contributed by atoms with Gasteiger partial charge >= 0.3 is 6.18 Å². The van der Waals surface area contributed by atoms with Gasteiger partial charge in [-0.25, -0.2) is 0 Å². The molecule has 1 atom stereocenters. The minimum absolute atomic E-state index is 0.0259. The van der Waals surface area contributed by atoms with E-state index in [1.807, 2.05) is 0 Å². The molecule has 96 valence electrons. The smallest absolute Gasteiger partial charge is 0.374 e. The summed E-state index contributed by atoms with van der Waals surface area (Å²) in [6.07, 6.45) is -4.45. The molecule has 1 aliphatic heterocycles. The largest absolute Gasteiger partial charge is 0.445 e. The second kappa shape index (κ2) is 5.07. The van der Waals surface area contributed by atoms with Crippen LogP contribution in [0.15, 0.2) is 0 Å². The maximum atomic E-state index is 12.4. The number of nitrogens with zero attached hydrogens (tertiary/aromatic N) is 3. The SMILES string of the molecule is FC(F)(F)c1nnc(N2CCOC(CBr)C2)s1. The van der Waals surface area contributed by atoms with Crippen LogP contribution in [-0.4, -0.2) is 41.3 Å². The summed E-state index contributed by atoms with van der Waals surface area (Å²) < 4.78 is 42.5. The second-order valence-electron chi connectivity index (χ2n) is 3.48. The molecule has 0 N–H and O–H groups in total. The lowest BCUT2D eigenvalue weighted by molar-refractivity contribution is -0.138. The Labute approximate surface area is 108 Å². The van der Waals surface area contributed by atoms with Crippen molar-refractivity contribution in [3.63, 3.8) is 0 Å². The van der Waals surface area contributed by atoms with Gasteiger partial charge in [-0.15, -0.1) is 10.2 Å². The lowest BCUT2D eigenvalue weighted by Crippen LogP contribution is -2.43. The summed E-state index contributed by atoms with van der Waals surface area (Å²) in [7, 11) is 0. The molecule has 1 fully saturated rings. The van der Waals surface area contributed by atoms with Gasteiger partial charge in [-0.05, 0) is 0 Å². The molecule has 0 amide bonds. The van der Waals surface area contributed by atoms with Crippen molar-refractivity contribution in [2.24, 2.45) is 0 Å². The molecule has 9 heteroatoms. The highest BCUT2D eigenvalue weighted by atomic mass is 79.9. The van der Waals surface area contributed by atoms with Crippen LogP contribution < -0.4 is 4.90 Å². The van der Waals surface area contributed by atoms with Crippen molar-refractivity contribution in [1.82, 2.24) is 10.2 Å². The van der Waals surface area contributed by atoms with Crippen LogP contribution in [0, 0.1) is 0 Å². The van der Waals surface area contributed by atoms with E-state index in [1.54, 1.807) is 4.90 Å². The van der Waals surface area contributed by atoms with Gasteiger partial charge in [0.05, 0.1) is 12.7 Å². The van der Waals surface area contributed by atoms with Gasteiger partial charge in [0.2, 0.25) is 10.1 Å². The summed E-state index contributed by atoms with van der Waals surface area (Å²) in [5.41, 5.74) is 0. The fourth-order valence-electron chi connectivity index (χ4n) is 1.44. The van der Waals surface area contributed by atoms with Gasteiger partial charge in [0.1, 0.15) is 0 Å². The Bertz CT molecular complexity index is 386. The topological polar surface area (TPSA) is 38.2 Å². The molecule has 1 aliphatic rings. The zero-order valence-corrected chi connectivity index (χ0v) is 11.0. The van der Waals surface area contributed by atoms with Gasteiger partial charge in [0.25, 0.3) is 0 Å². The van der Waals surface area contributed by atoms with Crippen molar-refractivity contribution in [2.75, 3.05) is 29.9 Å². The number of hydrogen-bond donors (Lipinski definition) is 0. The minimum atomic E-state index is -4.42. The first-order valence-corrected chi connectivity index (χ1v) is 6.77. The van der Waals surface area contributed by atoms with Crippen LogP contribution in [0.25, 0.3) is 0 Å². The van der Waals surface area contributed by atoms with Crippen molar-refractivity contribution in [3.05, 3.63) is 5.01 Å². The third kappa shape index (κ3) is 3.08.